The summed E-state index contributed by atoms with van der Waals surface area (Å²) in [5.74, 6) is -1.08. The number of carbonyl (C=O) groups excluding carboxylic acids is 1. The van der Waals surface area contributed by atoms with Crippen molar-refractivity contribution >= 4 is 66.3 Å². The molecule has 2 saturated heterocycles. The molecule has 6 N–H and O–H groups in total. The van der Waals surface area contributed by atoms with Crippen LogP contribution in [-0.2, 0) is 50.7 Å². The Labute approximate surface area is 326 Å². The molecule has 24 nitrogen and oxygen atoms in total. The van der Waals surface area contributed by atoms with Gasteiger partial charge in [0, 0.05) is 23.9 Å². The van der Waals surface area contributed by atoms with Crippen molar-refractivity contribution in [1.82, 2.24) is 39.0 Å². The topological polar surface area (TPSA) is 314 Å². The number of aromatic amines is 1. The van der Waals surface area contributed by atoms with Crippen molar-refractivity contribution in [3.05, 3.63) is 29.3 Å². The molecule has 4 aliphatic rings. The van der Waals surface area contributed by atoms with Gasteiger partial charge in [0.1, 0.15) is 42.4 Å². The molecule has 2 saturated carbocycles. The average Bonchev–Trinajstić information content (AvgIpc) is 3.44. The maximum Gasteiger partial charge on any atom is 0.509 e. The van der Waals surface area contributed by atoms with E-state index >= 15 is 0 Å². The standard InChI is InChI=1S/C30H40N10O14P2S/c1-5-48-55(44)50-8-30-6-14(30)18(39-10-35-16-23(31)33-9-34-24(16)39)19(41)22(30)54-56(45,57-12-47-29(43)51-13(2)3)49-7-15-20(46-4)21(53-55)27(52-15)40-11-36-17-25(40)37-28(32)38-26(17)42/h9-11,13-15,18-22,27,41H,5-8,12H2,1-4H3,(H2,31,33,34)(H3,32,37,38,42)/t14-,15-,18-,19+,20-,21-,22+,27-,30+,55+,56+/m1/s1. The van der Waals surface area contributed by atoms with Crippen LogP contribution in [0.25, 0.3) is 22.3 Å². The first-order valence-electron chi connectivity index (χ1n) is 17.7. The Balaban J connectivity index is 1.19. The zero-order valence-corrected chi connectivity index (χ0v) is 33.4. The Hall–Kier alpha value is -3.74. The van der Waals surface area contributed by atoms with Crippen LogP contribution in [0, 0.1) is 11.3 Å². The van der Waals surface area contributed by atoms with Crippen molar-refractivity contribution in [2.24, 2.45) is 11.3 Å². The Bertz CT molecular complexity index is 2330. The van der Waals surface area contributed by atoms with Gasteiger partial charge >= 0.3 is 20.8 Å². The fraction of sp³-hybridized carbons (Fsp3) is 0.633. The van der Waals surface area contributed by atoms with E-state index in [1.165, 1.54) is 30.7 Å². The number of nitrogen functional groups attached to an aromatic ring is 2. The molecule has 310 valence electrons. The Morgan fingerprint density at radius 2 is 1.89 bits per heavy atom. The fourth-order valence-electron chi connectivity index (χ4n) is 7.72. The van der Waals surface area contributed by atoms with Gasteiger partial charge in [0.25, 0.3) is 5.56 Å². The number of hydrogen-bond acceptors (Lipinski definition) is 22. The molecule has 0 radical (unpaired) electrons. The summed E-state index contributed by atoms with van der Waals surface area (Å²) < 4.78 is 85.4. The highest BCUT2D eigenvalue weighted by Gasteiger charge is 2.74. The summed E-state index contributed by atoms with van der Waals surface area (Å²) >= 11 is 0.524. The van der Waals surface area contributed by atoms with Crippen LogP contribution in [-0.4, -0.2) is 120 Å². The van der Waals surface area contributed by atoms with Crippen LogP contribution in [0.1, 0.15) is 39.5 Å². The minimum atomic E-state index is -4.56. The molecule has 0 aromatic carbocycles. The number of rotatable bonds is 9. The molecular formula is C30H40N10O14P2S. The molecule has 2 bridgehead atoms. The highest BCUT2D eigenvalue weighted by molar-refractivity contribution is 8.55. The van der Waals surface area contributed by atoms with Crippen molar-refractivity contribution in [3.8, 4) is 0 Å². The largest absolute Gasteiger partial charge is 0.509 e. The lowest BCUT2D eigenvalue weighted by Gasteiger charge is -2.32. The van der Waals surface area contributed by atoms with Gasteiger partial charge in [0.2, 0.25) is 5.95 Å². The molecular weight excluding hydrogens is 818 g/mol. The summed E-state index contributed by atoms with van der Waals surface area (Å²) in [5.41, 5.74) is 10.7. The molecule has 57 heavy (non-hydrogen) atoms. The van der Waals surface area contributed by atoms with Gasteiger partial charge in [-0.15, -0.1) is 0 Å². The molecule has 11 atom stereocenters. The molecule has 8 rings (SSSR count). The molecule has 4 aromatic heterocycles. The van der Waals surface area contributed by atoms with Crippen LogP contribution in [0.2, 0.25) is 0 Å². The third kappa shape index (κ3) is 7.22. The van der Waals surface area contributed by atoms with E-state index in [2.05, 4.69) is 29.9 Å². The number of phosphoric ester groups is 1. The van der Waals surface area contributed by atoms with Crippen molar-refractivity contribution < 1.29 is 60.6 Å². The van der Waals surface area contributed by atoms with Gasteiger partial charge < -0.3 is 40.1 Å². The quantitative estimate of drug-likeness (QED) is 0.107. The first-order chi connectivity index (χ1) is 27.2. The molecule has 4 fully saturated rings. The number of H-pyrrole nitrogens is 1. The number of imidazole rings is 2. The summed E-state index contributed by atoms with van der Waals surface area (Å²) in [7, 11) is -3.23. The van der Waals surface area contributed by atoms with Crippen molar-refractivity contribution in [1.29, 1.82) is 0 Å². The molecule has 27 heteroatoms. The lowest BCUT2D eigenvalue weighted by Crippen LogP contribution is -2.38. The third-order valence-electron chi connectivity index (χ3n) is 10.2. The molecule has 2 aliphatic heterocycles. The first-order valence-corrected chi connectivity index (χ1v) is 22.3. The number of nitrogens with zero attached hydrogens (tertiary/aromatic N) is 7. The number of nitrogens with two attached hydrogens (primary N) is 2. The number of nitrogens with one attached hydrogen (secondary N) is 1. The van der Waals surface area contributed by atoms with E-state index in [1.807, 2.05) is 0 Å². The number of ether oxygens (including phenoxy) is 4. The smallest absolute Gasteiger partial charge is 0.432 e. The van der Waals surface area contributed by atoms with Crippen LogP contribution in [0.3, 0.4) is 0 Å². The SMILES string of the molecule is CCO[P@@]1(=O)OC[C@@]23C[C@@H]2[C@@H](n2cnc4c(N)ncnc42)[C@H](O)[C@@H]3O[P@@](=O)(SCOC(=O)OC(C)C)OC[C@H]2O[C@@H](n3cnc4c(=O)[nH]c(N)nc43)[C@H](O1)[C@@H]2OC. The predicted octanol–water partition coefficient (Wildman–Crippen LogP) is 2.28. The second-order valence-electron chi connectivity index (χ2n) is 13.9. The summed E-state index contributed by atoms with van der Waals surface area (Å²) in [6.45, 7) is -0.635. The second kappa shape index (κ2) is 15.1. The number of anilines is 2. The van der Waals surface area contributed by atoms with Crippen LogP contribution >= 0.6 is 26.0 Å². The van der Waals surface area contributed by atoms with Gasteiger partial charge in [-0.1, -0.05) is 0 Å². The summed E-state index contributed by atoms with van der Waals surface area (Å²) in [5, 5.41) is 12.1. The number of aromatic nitrogens is 8. The number of carbonyl (C=O) groups is 1. The van der Waals surface area contributed by atoms with Gasteiger partial charge in [0.05, 0.1) is 44.6 Å². The monoisotopic (exact) mass is 858 g/mol. The number of aliphatic hydroxyl groups is 1. The zero-order valence-electron chi connectivity index (χ0n) is 30.8. The Morgan fingerprint density at radius 3 is 2.65 bits per heavy atom. The highest BCUT2D eigenvalue weighted by Crippen LogP contribution is 2.74. The maximum absolute atomic E-state index is 14.9. The molecule has 2 aliphatic carbocycles. The van der Waals surface area contributed by atoms with Gasteiger partial charge in [-0.2, -0.15) is 4.98 Å². The fourth-order valence-corrected chi connectivity index (χ4v) is 12.0. The minimum Gasteiger partial charge on any atom is -0.432 e. The maximum atomic E-state index is 14.9. The van der Waals surface area contributed by atoms with Gasteiger partial charge in [-0.05, 0) is 33.1 Å². The van der Waals surface area contributed by atoms with E-state index in [1.54, 1.807) is 25.3 Å². The van der Waals surface area contributed by atoms with Gasteiger partial charge in [0.15, 0.2) is 34.8 Å². The number of phosphoric acid groups is 1. The van der Waals surface area contributed by atoms with Gasteiger partial charge in [-0.3, -0.25) is 37.0 Å². The molecule has 1 spiro atoms. The van der Waals surface area contributed by atoms with E-state index in [0.717, 1.165) is 0 Å². The van der Waals surface area contributed by atoms with Gasteiger partial charge in [-0.25, -0.2) is 33.9 Å². The lowest BCUT2D eigenvalue weighted by atomic mass is 10.0. The van der Waals surface area contributed by atoms with Crippen molar-refractivity contribution in [3.63, 3.8) is 0 Å². The normalized spacial score (nSPS) is 35.3. The van der Waals surface area contributed by atoms with E-state index in [-0.39, 0.29) is 36.1 Å². The summed E-state index contributed by atoms with van der Waals surface area (Å²) in [6.07, 6.45) is -4.78. The molecule has 0 amide bonds. The van der Waals surface area contributed by atoms with E-state index < -0.39 is 99.1 Å². The molecule has 4 aromatic rings. The van der Waals surface area contributed by atoms with E-state index in [9.17, 15) is 23.8 Å². The van der Waals surface area contributed by atoms with Crippen LogP contribution in [0.5, 0.6) is 0 Å². The van der Waals surface area contributed by atoms with Crippen LogP contribution in [0.15, 0.2) is 23.8 Å². The number of aliphatic hydroxyl groups excluding tert-OH is 1. The molecule has 0 unspecified atom stereocenters. The minimum absolute atomic E-state index is 0.00197. The lowest BCUT2D eigenvalue weighted by molar-refractivity contribution is -0.0612. The van der Waals surface area contributed by atoms with Crippen LogP contribution < -0.4 is 17.0 Å². The number of fused-ring (bicyclic) bond motifs is 4. The first kappa shape index (κ1) is 40.1. The number of methoxy groups -OCH3 is 1. The van der Waals surface area contributed by atoms with E-state index in [0.29, 0.717) is 29.0 Å². The molecule has 6 heterocycles. The Morgan fingerprint density at radius 1 is 1.12 bits per heavy atom. The second-order valence-corrected chi connectivity index (χ2v) is 19.5. The zero-order chi connectivity index (χ0) is 40.4. The highest BCUT2D eigenvalue weighted by atomic mass is 32.7. The average molecular weight is 859 g/mol. The third-order valence-corrected chi connectivity index (χ3v) is 15.0. The van der Waals surface area contributed by atoms with Crippen LogP contribution in [0.4, 0.5) is 16.6 Å². The Kier molecular flexibility index (Phi) is 10.6. The van der Waals surface area contributed by atoms with Crippen molar-refractivity contribution in [2.75, 3.05) is 44.3 Å². The number of hydrogen-bond donors (Lipinski definition) is 4. The summed E-state index contributed by atoms with van der Waals surface area (Å²) in [4.78, 5) is 48.4. The summed E-state index contributed by atoms with van der Waals surface area (Å²) in [6, 6.07) is -0.784. The van der Waals surface area contributed by atoms with E-state index in [4.69, 9.17) is 53.0 Å². The van der Waals surface area contributed by atoms with Crippen molar-refractivity contribution in [2.45, 2.75) is 76.1 Å². The predicted molar refractivity (Wildman–Crippen MR) is 196 cm³/mol.